The zero-order valence-corrected chi connectivity index (χ0v) is 17.9. The summed E-state index contributed by atoms with van der Waals surface area (Å²) in [5.41, 5.74) is 0.626. The highest BCUT2D eigenvalue weighted by atomic mass is 32.2. The summed E-state index contributed by atoms with van der Waals surface area (Å²) in [7, 11) is 4.61. The third kappa shape index (κ3) is 4.94. The molecule has 0 unspecified atom stereocenters. The van der Waals surface area contributed by atoms with E-state index in [4.69, 9.17) is 23.4 Å². The van der Waals surface area contributed by atoms with Gasteiger partial charge in [-0.2, -0.15) is 0 Å². The SMILES string of the molecule is COc1cc(-c2nnc(SCC(=O)N3C[C@H](C)O[C@@H](C)C3)o2)cc(OC)c1OC. The first-order valence-corrected chi connectivity index (χ1v) is 10.1. The zero-order valence-electron chi connectivity index (χ0n) is 17.1. The molecule has 2 atom stereocenters. The van der Waals surface area contributed by atoms with Gasteiger partial charge in [-0.25, -0.2) is 0 Å². The molecule has 0 bridgehead atoms. The number of benzene rings is 1. The summed E-state index contributed by atoms with van der Waals surface area (Å²) in [6.45, 7) is 5.10. The fraction of sp³-hybridized carbons (Fsp3) is 0.526. The highest BCUT2D eigenvalue weighted by Gasteiger charge is 2.26. The van der Waals surface area contributed by atoms with Crippen LogP contribution >= 0.6 is 11.8 Å². The van der Waals surface area contributed by atoms with Crippen molar-refractivity contribution >= 4 is 17.7 Å². The van der Waals surface area contributed by atoms with E-state index in [9.17, 15) is 4.79 Å². The van der Waals surface area contributed by atoms with Crippen molar-refractivity contribution < 1.29 is 28.2 Å². The molecule has 158 valence electrons. The van der Waals surface area contributed by atoms with Gasteiger partial charge in [-0.15, -0.1) is 10.2 Å². The lowest BCUT2D eigenvalue weighted by Gasteiger charge is -2.35. The van der Waals surface area contributed by atoms with Gasteiger partial charge in [0.2, 0.25) is 17.5 Å². The molecule has 0 aliphatic carbocycles. The van der Waals surface area contributed by atoms with E-state index in [1.54, 1.807) is 12.1 Å². The molecule has 1 aromatic heterocycles. The van der Waals surface area contributed by atoms with E-state index in [2.05, 4.69) is 10.2 Å². The summed E-state index contributed by atoms with van der Waals surface area (Å²) in [5, 5.41) is 8.42. The van der Waals surface area contributed by atoms with E-state index in [1.807, 2.05) is 18.7 Å². The number of carbonyl (C=O) groups is 1. The number of rotatable bonds is 7. The highest BCUT2D eigenvalue weighted by molar-refractivity contribution is 7.99. The van der Waals surface area contributed by atoms with E-state index in [0.717, 1.165) is 0 Å². The van der Waals surface area contributed by atoms with Crippen molar-refractivity contribution in [2.24, 2.45) is 0 Å². The standard InChI is InChI=1S/C19H25N3O6S/c1-11-8-22(9-12(2)27-11)16(23)10-29-19-21-20-18(28-19)13-6-14(24-3)17(26-5)15(7-13)25-4/h6-7,11-12H,8-10H2,1-5H3/t11-,12-/m0/s1. The Kier molecular flexibility index (Phi) is 6.86. The maximum absolute atomic E-state index is 12.5. The van der Waals surface area contributed by atoms with Crippen molar-refractivity contribution in [3.05, 3.63) is 12.1 Å². The summed E-state index contributed by atoms with van der Waals surface area (Å²) in [4.78, 5) is 14.3. The van der Waals surface area contributed by atoms with Gasteiger partial charge in [0.25, 0.3) is 5.22 Å². The minimum atomic E-state index is 0.0181. The van der Waals surface area contributed by atoms with Gasteiger partial charge in [-0.05, 0) is 26.0 Å². The van der Waals surface area contributed by atoms with E-state index in [0.29, 0.717) is 47.0 Å². The number of thioether (sulfide) groups is 1. The molecule has 0 saturated carbocycles. The van der Waals surface area contributed by atoms with Crippen molar-refractivity contribution in [1.29, 1.82) is 0 Å². The number of aromatic nitrogens is 2. The van der Waals surface area contributed by atoms with Crippen LogP contribution in [0.3, 0.4) is 0 Å². The first kappa shape index (κ1) is 21.3. The van der Waals surface area contributed by atoms with Gasteiger partial charge in [-0.3, -0.25) is 4.79 Å². The number of hydrogen-bond acceptors (Lipinski definition) is 9. The lowest BCUT2D eigenvalue weighted by atomic mass is 10.2. The predicted octanol–water partition coefficient (Wildman–Crippen LogP) is 2.49. The van der Waals surface area contributed by atoms with E-state index < -0.39 is 0 Å². The second kappa shape index (κ2) is 9.36. The van der Waals surface area contributed by atoms with Gasteiger partial charge in [0.15, 0.2) is 11.5 Å². The number of nitrogens with zero attached hydrogens (tertiary/aromatic N) is 3. The Morgan fingerprint density at radius 1 is 1.10 bits per heavy atom. The number of ether oxygens (including phenoxy) is 4. The lowest BCUT2D eigenvalue weighted by molar-refractivity contribution is -0.140. The van der Waals surface area contributed by atoms with Gasteiger partial charge in [0, 0.05) is 18.7 Å². The largest absolute Gasteiger partial charge is 0.493 e. The molecule has 0 N–H and O–H groups in total. The maximum atomic E-state index is 12.5. The van der Waals surface area contributed by atoms with E-state index in [-0.39, 0.29) is 23.9 Å². The molecular weight excluding hydrogens is 398 g/mol. The van der Waals surface area contributed by atoms with Crippen molar-refractivity contribution in [2.45, 2.75) is 31.3 Å². The topological polar surface area (TPSA) is 96.2 Å². The first-order valence-electron chi connectivity index (χ1n) is 9.15. The van der Waals surface area contributed by atoms with Gasteiger partial charge >= 0.3 is 0 Å². The predicted molar refractivity (Wildman–Crippen MR) is 107 cm³/mol. The van der Waals surface area contributed by atoms with Gasteiger partial charge in [0.1, 0.15) is 0 Å². The first-order chi connectivity index (χ1) is 13.9. The molecule has 29 heavy (non-hydrogen) atoms. The Bertz CT molecular complexity index is 823. The molecule has 1 fully saturated rings. The zero-order chi connectivity index (χ0) is 21.0. The number of morpholine rings is 1. The highest BCUT2D eigenvalue weighted by Crippen LogP contribution is 2.41. The molecule has 1 aliphatic heterocycles. The minimum absolute atomic E-state index is 0.0181. The van der Waals surface area contributed by atoms with Crippen LogP contribution in [0.1, 0.15) is 13.8 Å². The molecule has 9 nitrogen and oxygen atoms in total. The average Bonchev–Trinajstić information content (AvgIpc) is 3.19. The Morgan fingerprint density at radius 2 is 1.72 bits per heavy atom. The molecular formula is C19H25N3O6S. The molecule has 10 heteroatoms. The maximum Gasteiger partial charge on any atom is 0.277 e. The number of hydrogen-bond donors (Lipinski definition) is 0. The Hall–Kier alpha value is -2.46. The number of methoxy groups -OCH3 is 3. The Labute approximate surface area is 173 Å². The quantitative estimate of drug-likeness (QED) is 0.622. The van der Waals surface area contributed by atoms with Crippen LogP contribution in [0.25, 0.3) is 11.5 Å². The van der Waals surface area contributed by atoms with Crippen LogP contribution in [0.5, 0.6) is 17.2 Å². The summed E-state index contributed by atoms with van der Waals surface area (Å²) >= 11 is 1.21. The van der Waals surface area contributed by atoms with Crippen LogP contribution in [-0.2, 0) is 9.53 Å². The normalized spacial score (nSPS) is 19.1. The van der Waals surface area contributed by atoms with Gasteiger partial charge in [0.05, 0.1) is 39.3 Å². The van der Waals surface area contributed by atoms with Gasteiger partial charge in [-0.1, -0.05) is 11.8 Å². The molecule has 1 aromatic carbocycles. The Morgan fingerprint density at radius 3 is 2.28 bits per heavy atom. The number of amides is 1. The summed E-state index contributed by atoms with van der Waals surface area (Å²) < 4.78 is 27.4. The minimum Gasteiger partial charge on any atom is -0.493 e. The summed E-state index contributed by atoms with van der Waals surface area (Å²) in [5.74, 6) is 1.99. The molecule has 1 saturated heterocycles. The monoisotopic (exact) mass is 423 g/mol. The molecule has 3 rings (SSSR count). The fourth-order valence-electron chi connectivity index (χ4n) is 3.19. The van der Waals surface area contributed by atoms with Crippen LogP contribution in [0, 0.1) is 0 Å². The van der Waals surface area contributed by atoms with Crippen LogP contribution in [0.4, 0.5) is 0 Å². The molecule has 2 heterocycles. The second-order valence-corrected chi connectivity index (χ2v) is 7.56. The number of carbonyl (C=O) groups excluding carboxylic acids is 1. The fourth-order valence-corrected chi connectivity index (χ4v) is 3.85. The molecule has 2 aromatic rings. The summed E-state index contributed by atoms with van der Waals surface area (Å²) in [6.07, 6.45) is 0.0606. The Balaban J connectivity index is 1.69. The average molecular weight is 423 g/mol. The molecule has 1 amide bonds. The van der Waals surface area contributed by atoms with Gasteiger partial charge < -0.3 is 28.3 Å². The third-order valence-electron chi connectivity index (χ3n) is 4.41. The van der Waals surface area contributed by atoms with Crippen molar-refractivity contribution in [2.75, 3.05) is 40.2 Å². The second-order valence-electron chi connectivity index (χ2n) is 6.63. The molecule has 0 spiro atoms. The van der Waals surface area contributed by atoms with Crippen molar-refractivity contribution in [3.63, 3.8) is 0 Å². The smallest absolute Gasteiger partial charge is 0.277 e. The molecule has 0 radical (unpaired) electrons. The summed E-state index contributed by atoms with van der Waals surface area (Å²) in [6, 6.07) is 3.45. The van der Waals surface area contributed by atoms with E-state index in [1.165, 1.54) is 33.1 Å². The van der Waals surface area contributed by atoms with E-state index >= 15 is 0 Å². The van der Waals surface area contributed by atoms with Crippen LogP contribution < -0.4 is 14.2 Å². The van der Waals surface area contributed by atoms with Crippen LogP contribution in [-0.4, -0.2) is 73.4 Å². The van der Waals surface area contributed by atoms with Crippen LogP contribution in [0.15, 0.2) is 21.8 Å². The molecule has 1 aliphatic rings. The van der Waals surface area contributed by atoms with Crippen LogP contribution in [0.2, 0.25) is 0 Å². The van der Waals surface area contributed by atoms with Crippen molar-refractivity contribution in [3.8, 4) is 28.7 Å². The lowest BCUT2D eigenvalue weighted by Crippen LogP contribution is -2.48. The third-order valence-corrected chi connectivity index (χ3v) is 5.21. The van der Waals surface area contributed by atoms with Crippen molar-refractivity contribution in [1.82, 2.24) is 15.1 Å².